The van der Waals surface area contributed by atoms with Gasteiger partial charge >= 0.3 is 0 Å². The largest absolute Gasteiger partial charge is 0.384 e. The van der Waals surface area contributed by atoms with Crippen molar-refractivity contribution in [3.63, 3.8) is 0 Å². The summed E-state index contributed by atoms with van der Waals surface area (Å²) in [5.41, 5.74) is 5.83. The minimum Gasteiger partial charge on any atom is -0.384 e. The number of nitrogens with one attached hydrogen (secondary N) is 2. The summed E-state index contributed by atoms with van der Waals surface area (Å²) in [6.45, 7) is 4.00. The number of rotatable bonds is 1. The maximum absolute atomic E-state index is 12.0. The molecular formula is C13H24N3O3P. The monoisotopic (exact) mass is 301 g/mol. The smallest absolute Gasteiger partial charge is 0.243 e. The predicted molar refractivity (Wildman–Crippen MR) is 80.8 cm³/mol. The molecule has 0 bridgehead atoms. The zero-order valence-electron chi connectivity index (χ0n) is 11.9. The quantitative estimate of drug-likeness (QED) is 0.489. The maximum atomic E-state index is 12.0. The molecule has 0 aromatic carbocycles. The Bertz CT molecular complexity index is 396. The SMILES string of the molecule is CC(C)C1C=CC(=O)NCC(O)(P)CCC(N)C(=O)N1. The molecule has 4 atom stereocenters. The zero-order chi connectivity index (χ0) is 15.3. The van der Waals surface area contributed by atoms with Crippen LogP contribution in [0.1, 0.15) is 26.7 Å². The Balaban J connectivity index is 2.89. The Morgan fingerprint density at radius 2 is 2.15 bits per heavy atom. The van der Waals surface area contributed by atoms with Gasteiger partial charge < -0.3 is 21.5 Å². The topological polar surface area (TPSA) is 104 Å². The van der Waals surface area contributed by atoms with Crippen LogP contribution < -0.4 is 16.4 Å². The molecule has 4 unspecified atom stereocenters. The molecule has 0 aliphatic carbocycles. The van der Waals surface area contributed by atoms with Gasteiger partial charge in [0.05, 0.1) is 17.9 Å². The summed E-state index contributed by atoms with van der Waals surface area (Å²) in [6.07, 6.45) is 3.67. The van der Waals surface area contributed by atoms with Crippen LogP contribution in [0.3, 0.4) is 0 Å². The molecule has 6 nitrogen and oxygen atoms in total. The number of hydrogen-bond acceptors (Lipinski definition) is 4. The van der Waals surface area contributed by atoms with Gasteiger partial charge in [-0.05, 0) is 18.8 Å². The van der Waals surface area contributed by atoms with Crippen molar-refractivity contribution in [2.75, 3.05) is 6.54 Å². The van der Waals surface area contributed by atoms with Gasteiger partial charge in [0, 0.05) is 12.1 Å². The van der Waals surface area contributed by atoms with E-state index in [1.54, 1.807) is 6.08 Å². The van der Waals surface area contributed by atoms with Crippen LogP contribution in [0.4, 0.5) is 0 Å². The summed E-state index contributed by atoms with van der Waals surface area (Å²) >= 11 is 0. The van der Waals surface area contributed by atoms with Crippen LogP contribution in [0.5, 0.6) is 0 Å². The fourth-order valence-electron chi connectivity index (χ4n) is 1.82. The molecule has 1 aliphatic rings. The van der Waals surface area contributed by atoms with E-state index in [4.69, 9.17) is 5.73 Å². The zero-order valence-corrected chi connectivity index (χ0v) is 13.1. The molecule has 0 aromatic rings. The Kier molecular flexibility index (Phi) is 6.11. The van der Waals surface area contributed by atoms with Crippen LogP contribution in [0.15, 0.2) is 12.2 Å². The molecule has 0 fully saturated rings. The second kappa shape index (κ2) is 7.16. The van der Waals surface area contributed by atoms with Crippen molar-refractivity contribution in [1.29, 1.82) is 0 Å². The molecule has 0 saturated carbocycles. The third-order valence-electron chi connectivity index (χ3n) is 3.28. The second-order valence-electron chi connectivity index (χ2n) is 5.60. The van der Waals surface area contributed by atoms with Crippen LogP contribution in [0.2, 0.25) is 0 Å². The highest BCUT2D eigenvalue weighted by Crippen LogP contribution is 2.21. The van der Waals surface area contributed by atoms with Crippen LogP contribution in [0, 0.1) is 5.92 Å². The van der Waals surface area contributed by atoms with Gasteiger partial charge in [-0.1, -0.05) is 19.9 Å². The maximum Gasteiger partial charge on any atom is 0.243 e. The minimum atomic E-state index is -1.15. The lowest BCUT2D eigenvalue weighted by atomic mass is 10.0. The van der Waals surface area contributed by atoms with Crippen LogP contribution in [-0.2, 0) is 9.59 Å². The fraction of sp³-hybridized carbons (Fsp3) is 0.692. The number of aliphatic hydroxyl groups is 1. The summed E-state index contributed by atoms with van der Waals surface area (Å²) in [4.78, 5) is 23.6. The fourth-order valence-corrected chi connectivity index (χ4v) is 2.09. The van der Waals surface area contributed by atoms with E-state index in [-0.39, 0.29) is 30.3 Å². The Morgan fingerprint density at radius 1 is 1.50 bits per heavy atom. The molecule has 1 heterocycles. The summed E-state index contributed by atoms with van der Waals surface area (Å²) in [5, 5.41) is 14.3. The average molecular weight is 301 g/mol. The number of carbonyl (C=O) groups excluding carboxylic acids is 2. The molecule has 5 N–H and O–H groups in total. The molecule has 1 rings (SSSR count). The molecule has 0 saturated heterocycles. The first-order chi connectivity index (χ1) is 9.21. The lowest BCUT2D eigenvalue weighted by Crippen LogP contribution is -2.48. The molecule has 2 amide bonds. The van der Waals surface area contributed by atoms with Crippen molar-refractivity contribution >= 4 is 21.1 Å². The highest BCUT2D eigenvalue weighted by molar-refractivity contribution is 7.18. The second-order valence-corrected chi connectivity index (χ2v) is 6.68. The highest BCUT2D eigenvalue weighted by Gasteiger charge is 2.26. The van der Waals surface area contributed by atoms with Gasteiger partial charge in [-0.3, -0.25) is 9.59 Å². The van der Waals surface area contributed by atoms with E-state index in [2.05, 4.69) is 19.9 Å². The number of hydrogen-bond donors (Lipinski definition) is 4. The summed E-state index contributed by atoms with van der Waals surface area (Å²) in [7, 11) is 2.28. The number of amides is 2. The summed E-state index contributed by atoms with van der Waals surface area (Å²) in [6, 6.07) is -0.916. The van der Waals surface area contributed by atoms with Crippen molar-refractivity contribution in [3.05, 3.63) is 12.2 Å². The van der Waals surface area contributed by atoms with Crippen molar-refractivity contribution in [1.82, 2.24) is 10.6 Å². The molecule has 1 aliphatic heterocycles. The van der Waals surface area contributed by atoms with E-state index in [1.165, 1.54) is 6.08 Å². The molecule has 20 heavy (non-hydrogen) atoms. The van der Waals surface area contributed by atoms with Gasteiger partial charge in [-0.2, -0.15) is 0 Å². The Hall–Kier alpha value is -0.970. The third kappa shape index (κ3) is 5.57. The van der Waals surface area contributed by atoms with Gasteiger partial charge in [0.25, 0.3) is 0 Å². The molecule has 0 spiro atoms. The standard InChI is InChI=1S/C13H24N3O3P/c1-8(2)10-3-4-11(17)15-7-13(19,20)6-5-9(14)12(18)16-10/h3-4,8-10,19H,5-7,14,20H2,1-2H3,(H,15,17)(H,16,18). The predicted octanol–water partition coefficient (Wildman–Crippen LogP) is -0.516. The average Bonchev–Trinajstić information content (AvgIpc) is 2.37. The van der Waals surface area contributed by atoms with Crippen molar-refractivity contribution in [2.45, 2.75) is 44.1 Å². The molecule has 114 valence electrons. The number of carbonyl (C=O) groups is 2. The minimum absolute atomic E-state index is 0.0987. The lowest BCUT2D eigenvalue weighted by molar-refractivity contribution is -0.123. The van der Waals surface area contributed by atoms with Crippen LogP contribution in [-0.4, -0.2) is 40.9 Å². The third-order valence-corrected chi connectivity index (χ3v) is 3.77. The van der Waals surface area contributed by atoms with Gasteiger partial charge in [0.15, 0.2) is 0 Å². The van der Waals surface area contributed by atoms with Crippen LogP contribution in [0.25, 0.3) is 0 Å². The first-order valence-corrected chi connectivity index (χ1v) is 7.32. The first-order valence-electron chi connectivity index (χ1n) is 6.74. The normalized spacial score (nSPS) is 33.1. The Labute approximate surface area is 121 Å². The Morgan fingerprint density at radius 3 is 2.75 bits per heavy atom. The molecular weight excluding hydrogens is 277 g/mol. The van der Waals surface area contributed by atoms with E-state index in [1.807, 2.05) is 13.8 Å². The first kappa shape index (κ1) is 17.1. The molecule has 0 radical (unpaired) electrons. The number of nitrogens with two attached hydrogens (primary N) is 1. The molecule has 0 aromatic heterocycles. The van der Waals surface area contributed by atoms with Crippen LogP contribution >= 0.6 is 9.24 Å². The lowest BCUT2D eigenvalue weighted by Gasteiger charge is -2.27. The van der Waals surface area contributed by atoms with Crippen molar-refractivity contribution in [2.24, 2.45) is 11.7 Å². The highest BCUT2D eigenvalue weighted by atomic mass is 31.0. The van der Waals surface area contributed by atoms with Gasteiger partial charge in [-0.15, -0.1) is 9.24 Å². The van der Waals surface area contributed by atoms with Gasteiger partial charge in [-0.25, -0.2) is 0 Å². The van der Waals surface area contributed by atoms with E-state index in [0.29, 0.717) is 12.8 Å². The van der Waals surface area contributed by atoms with E-state index < -0.39 is 11.4 Å². The van der Waals surface area contributed by atoms with Gasteiger partial charge in [0.2, 0.25) is 11.8 Å². The van der Waals surface area contributed by atoms with Crippen molar-refractivity contribution in [3.8, 4) is 0 Å². The summed E-state index contributed by atoms with van der Waals surface area (Å²) < 4.78 is 0. The van der Waals surface area contributed by atoms with E-state index >= 15 is 0 Å². The van der Waals surface area contributed by atoms with E-state index in [0.717, 1.165) is 0 Å². The summed E-state index contributed by atoms with van der Waals surface area (Å²) in [5.74, 6) is -0.414. The molecule has 7 heteroatoms. The van der Waals surface area contributed by atoms with Gasteiger partial charge in [0.1, 0.15) is 0 Å². The van der Waals surface area contributed by atoms with E-state index in [9.17, 15) is 14.7 Å². The number of β-amino-alcohol motifs (C(OH)–C–C–N with tert-alkyl or cyclic N) is 1. The van der Waals surface area contributed by atoms with Crippen molar-refractivity contribution < 1.29 is 14.7 Å².